The number of hydrogen-bond acceptors (Lipinski definition) is 2. The largest absolute Gasteiger partial charge is 0.489 e. The average molecular weight is 310 g/mol. The minimum atomic E-state index is -0.272. The lowest BCUT2D eigenvalue weighted by molar-refractivity contribution is 0.303. The molecule has 0 saturated heterocycles. The van der Waals surface area contributed by atoms with Crippen molar-refractivity contribution < 1.29 is 9.13 Å². The van der Waals surface area contributed by atoms with Crippen molar-refractivity contribution in [2.75, 3.05) is 5.73 Å². The van der Waals surface area contributed by atoms with Gasteiger partial charge in [-0.05, 0) is 31.2 Å². The van der Waals surface area contributed by atoms with E-state index in [1.807, 2.05) is 25.1 Å². The second-order valence-electron chi connectivity index (χ2n) is 3.99. The minimum Gasteiger partial charge on any atom is -0.489 e. The first-order valence-corrected chi connectivity index (χ1v) is 6.29. The van der Waals surface area contributed by atoms with Crippen molar-refractivity contribution in [3.8, 4) is 5.75 Å². The molecule has 18 heavy (non-hydrogen) atoms. The summed E-state index contributed by atoms with van der Waals surface area (Å²) in [6.45, 7) is 2.27. The summed E-state index contributed by atoms with van der Waals surface area (Å²) in [6, 6.07) is 10.1. The number of rotatable bonds is 3. The van der Waals surface area contributed by atoms with Crippen LogP contribution in [0.4, 0.5) is 10.1 Å². The van der Waals surface area contributed by atoms with E-state index in [0.29, 0.717) is 16.8 Å². The van der Waals surface area contributed by atoms with Crippen LogP contribution in [0, 0.1) is 12.7 Å². The molecular weight excluding hydrogens is 297 g/mol. The fourth-order valence-electron chi connectivity index (χ4n) is 1.58. The normalized spacial score (nSPS) is 10.4. The molecule has 0 amide bonds. The van der Waals surface area contributed by atoms with Crippen LogP contribution in [0.2, 0.25) is 0 Å². The third kappa shape index (κ3) is 2.82. The lowest BCUT2D eigenvalue weighted by Crippen LogP contribution is -2.00. The second-order valence-corrected chi connectivity index (χ2v) is 4.85. The van der Waals surface area contributed by atoms with Gasteiger partial charge < -0.3 is 10.5 Å². The van der Waals surface area contributed by atoms with Gasteiger partial charge in [0.15, 0.2) is 0 Å². The van der Waals surface area contributed by atoms with Gasteiger partial charge in [0, 0.05) is 21.3 Å². The molecule has 0 bridgehead atoms. The van der Waals surface area contributed by atoms with Gasteiger partial charge in [0.2, 0.25) is 0 Å². The summed E-state index contributed by atoms with van der Waals surface area (Å²) in [7, 11) is 0. The average Bonchev–Trinajstić information content (AvgIpc) is 2.33. The summed E-state index contributed by atoms with van der Waals surface area (Å²) in [5.41, 5.74) is 8.30. The van der Waals surface area contributed by atoms with E-state index in [4.69, 9.17) is 10.5 Å². The molecule has 0 aromatic heterocycles. The summed E-state index contributed by atoms with van der Waals surface area (Å²) in [6.07, 6.45) is 0. The Bertz CT molecular complexity index is 572. The Morgan fingerprint density at radius 1 is 1.28 bits per heavy atom. The number of halogens is 2. The highest BCUT2D eigenvalue weighted by atomic mass is 79.9. The van der Waals surface area contributed by atoms with Gasteiger partial charge in [0.1, 0.15) is 18.2 Å². The third-order valence-electron chi connectivity index (χ3n) is 2.72. The molecule has 2 aromatic carbocycles. The molecule has 0 aliphatic carbocycles. The Hall–Kier alpha value is -1.55. The van der Waals surface area contributed by atoms with E-state index in [2.05, 4.69) is 15.9 Å². The van der Waals surface area contributed by atoms with Gasteiger partial charge in [0.25, 0.3) is 0 Å². The SMILES string of the molecule is Cc1c(N)cccc1OCc1ccc(F)cc1Br. The van der Waals surface area contributed by atoms with Gasteiger partial charge in [-0.25, -0.2) is 4.39 Å². The Kier molecular flexibility index (Phi) is 3.87. The Morgan fingerprint density at radius 3 is 2.78 bits per heavy atom. The molecule has 0 spiro atoms. The van der Waals surface area contributed by atoms with E-state index in [9.17, 15) is 4.39 Å². The number of anilines is 1. The molecule has 0 saturated carbocycles. The highest BCUT2D eigenvalue weighted by Gasteiger charge is 2.05. The van der Waals surface area contributed by atoms with E-state index >= 15 is 0 Å². The molecule has 0 unspecified atom stereocenters. The van der Waals surface area contributed by atoms with E-state index in [0.717, 1.165) is 16.9 Å². The van der Waals surface area contributed by atoms with Gasteiger partial charge in [-0.15, -0.1) is 0 Å². The minimum absolute atomic E-state index is 0.272. The van der Waals surface area contributed by atoms with Crippen LogP contribution in [0.1, 0.15) is 11.1 Å². The van der Waals surface area contributed by atoms with Crippen LogP contribution in [-0.4, -0.2) is 0 Å². The van der Waals surface area contributed by atoms with Crippen molar-refractivity contribution in [1.82, 2.24) is 0 Å². The van der Waals surface area contributed by atoms with Gasteiger partial charge in [-0.3, -0.25) is 0 Å². The van der Waals surface area contributed by atoms with Crippen LogP contribution in [0.5, 0.6) is 5.75 Å². The predicted octanol–water partition coefficient (Wildman–Crippen LogP) is 4.06. The van der Waals surface area contributed by atoms with Gasteiger partial charge >= 0.3 is 0 Å². The van der Waals surface area contributed by atoms with E-state index < -0.39 is 0 Å². The van der Waals surface area contributed by atoms with E-state index in [-0.39, 0.29) is 5.82 Å². The van der Waals surface area contributed by atoms with Crippen LogP contribution in [0.25, 0.3) is 0 Å². The topological polar surface area (TPSA) is 35.2 Å². The molecule has 0 fully saturated rings. The summed E-state index contributed by atoms with van der Waals surface area (Å²) >= 11 is 3.31. The predicted molar refractivity (Wildman–Crippen MR) is 74.0 cm³/mol. The first-order chi connectivity index (χ1) is 8.58. The maximum absolute atomic E-state index is 12.9. The van der Waals surface area contributed by atoms with E-state index in [1.165, 1.54) is 12.1 Å². The molecule has 4 heteroatoms. The van der Waals surface area contributed by atoms with Crippen LogP contribution < -0.4 is 10.5 Å². The Balaban J connectivity index is 2.14. The molecule has 2 rings (SSSR count). The van der Waals surface area contributed by atoms with Crippen LogP contribution in [0.15, 0.2) is 40.9 Å². The molecule has 94 valence electrons. The molecule has 2 N–H and O–H groups in total. The summed E-state index contributed by atoms with van der Waals surface area (Å²) in [4.78, 5) is 0. The number of nitrogen functional groups attached to an aromatic ring is 1. The fourth-order valence-corrected chi connectivity index (χ4v) is 2.05. The van der Waals surface area contributed by atoms with Crippen molar-refractivity contribution in [1.29, 1.82) is 0 Å². The summed E-state index contributed by atoms with van der Waals surface area (Å²) in [5.74, 6) is 0.469. The lowest BCUT2D eigenvalue weighted by Gasteiger charge is -2.11. The molecule has 0 aliphatic rings. The summed E-state index contributed by atoms with van der Waals surface area (Å²) in [5, 5.41) is 0. The third-order valence-corrected chi connectivity index (χ3v) is 3.46. The maximum Gasteiger partial charge on any atom is 0.124 e. The second kappa shape index (κ2) is 5.40. The van der Waals surface area contributed by atoms with Gasteiger partial charge in [0.05, 0.1) is 0 Å². The van der Waals surface area contributed by atoms with Crippen LogP contribution >= 0.6 is 15.9 Å². The zero-order chi connectivity index (χ0) is 13.1. The maximum atomic E-state index is 12.9. The molecule has 2 aromatic rings. The van der Waals surface area contributed by atoms with Crippen molar-refractivity contribution in [3.05, 3.63) is 57.8 Å². The highest BCUT2D eigenvalue weighted by molar-refractivity contribution is 9.10. The molecule has 0 atom stereocenters. The number of benzene rings is 2. The van der Waals surface area contributed by atoms with Crippen molar-refractivity contribution >= 4 is 21.6 Å². The first kappa shape index (κ1) is 12.9. The molecule has 0 radical (unpaired) electrons. The van der Waals surface area contributed by atoms with Crippen molar-refractivity contribution in [3.63, 3.8) is 0 Å². The van der Waals surface area contributed by atoms with Crippen LogP contribution in [0.3, 0.4) is 0 Å². The van der Waals surface area contributed by atoms with Crippen molar-refractivity contribution in [2.24, 2.45) is 0 Å². The first-order valence-electron chi connectivity index (χ1n) is 5.50. The number of ether oxygens (including phenoxy) is 1. The van der Waals surface area contributed by atoms with Gasteiger partial charge in [-0.1, -0.05) is 28.1 Å². The molecule has 0 heterocycles. The summed E-state index contributed by atoms with van der Waals surface area (Å²) < 4.78 is 19.3. The zero-order valence-electron chi connectivity index (χ0n) is 9.91. The molecule has 0 aliphatic heterocycles. The zero-order valence-corrected chi connectivity index (χ0v) is 11.5. The monoisotopic (exact) mass is 309 g/mol. The smallest absolute Gasteiger partial charge is 0.124 e. The van der Waals surface area contributed by atoms with Gasteiger partial charge in [-0.2, -0.15) is 0 Å². The van der Waals surface area contributed by atoms with Crippen LogP contribution in [-0.2, 0) is 6.61 Å². The van der Waals surface area contributed by atoms with Crippen molar-refractivity contribution in [2.45, 2.75) is 13.5 Å². The molecular formula is C14H13BrFNO. The van der Waals surface area contributed by atoms with E-state index in [1.54, 1.807) is 6.07 Å². The Morgan fingerprint density at radius 2 is 2.06 bits per heavy atom. The standard InChI is InChI=1S/C14H13BrFNO/c1-9-13(17)3-2-4-14(9)18-8-10-5-6-11(16)7-12(10)15/h2-7H,8,17H2,1H3. The fraction of sp³-hybridized carbons (Fsp3) is 0.143. The quantitative estimate of drug-likeness (QED) is 0.868. The number of hydrogen-bond donors (Lipinski definition) is 1. The molecule has 2 nitrogen and oxygen atoms in total. The Labute approximate surface area is 114 Å². The lowest BCUT2D eigenvalue weighted by atomic mass is 10.2. The number of nitrogens with two attached hydrogens (primary N) is 1. The highest BCUT2D eigenvalue weighted by Crippen LogP contribution is 2.25.